The molecule has 0 saturated heterocycles. The summed E-state index contributed by atoms with van der Waals surface area (Å²) in [7, 11) is 3.66. The Morgan fingerprint density at radius 1 is 1.30 bits per heavy atom. The maximum absolute atomic E-state index is 4.28. The fraction of sp³-hybridized carbons (Fsp3) is 0.467. The number of aliphatic imine (C=N–C) groups is 1. The second-order valence-corrected chi connectivity index (χ2v) is 5.44. The third kappa shape index (κ3) is 3.58. The minimum atomic E-state index is 0.450. The molecule has 1 aliphatic carbocycles. The molecule has 0 fully saturated rings. The van der Waals surface area contributed by atoms with Gasteiger partial charge in [0.25, 0.3) is 0 Å². The zero-order valence-electron chi connectivity index (χ0n) is 13.5. The van der Waals surface area contributed by atoms with Crippen LogP contribution in [-0.2, 0) is 7.05 Å². The predicted molar refractivity (Wildman–Crippen MR) is 91.5 cm³/mol. The summed E-state index contributed by atoms with van der Waals surface area (Å²) < 4.78 is 1.74. The van der Waals surface area contributed by atoms with E-state index in [1.54, 1.807) is 24.3 Å². The topological polar surface area (TPSA) is 92.1 Å². The first kappa shape index (κ1) is 15.3. The maximum Gasteiger partial charge on any atom is 0.191 e. The van der Waals surface area contributed by atoms with E-state index in [4.69, 9.17) is 0 Å². The molecule has 122 valence electrons. The number of hydrogen-bond acceptors (Lipinski definition) is 5. The zero-order valence-corrected chi connectivity index (χ0v) is 13.5. The monoisotopic (exact) mass is 314 g/mol. The van der Waals surface area contributed by atoms with Crippen molar-refractivity contribution in [2.24, 2.45) is 12.0 Å². The van der Waals surface area contributed by atoms with Crippen LogP contribution in [-0.4, -0.2) is 51.9 Å². The van der Waals surface area contributed by atoms with Crippen LogP contribution in [0.5, 0.6) is 0 Å². The lowest BCUT2D eigenvalue weighted by molar-refractivity contribution is 0.634. The van der Waals surface area contributed by atoms with Gasteiger partial charge in [0.2, 0.25) is 0 Å². The van der Waals surface area contributed by atoms with E-state index in [-0.39, 0.29) is 0 Å². The predicted octanol–water partition coefficient (Wildman–Crippen LogP) is 0.659. The van der Waals surface area contributed by atoms with Crippen LogP contribution in [0.1, 0.15) is 12.8 Å². The normalized spacial score (nSPS) is 15.3. The van der Waals surface area contributed by atoms with E-state index in [0.29, 0.717) is 6.04 Å². The minimum Gasteiger partial charge on any atom is -0.368 e. The van der Waals surface area contributed by atoms with Crippen LogP contribution >= 0.6 is 0 Å². The summed E-state index contributed by atoms with van der Waals surface area (Å²) in [6, 6.07) is 0.450. The van der Waals surface area contributed by atoms with Crippen molar-refractivity contribution in [3.63, 3.8) is 0 Å². The largest absolute Gasteiger partial charge is 0.368 e. The van der Waals surface area contributed by atoms with Gasteiger partial charge in [-0.15, -0.1) is 0 Å². The van der Waals surface area contributed by atoms with Gasteiger partial charge >= 0.3 is 0 Å². The number of aromatic nitrogens is 4. The lowest BCUT2D eigenvalue weighted by Gasteiger charge is -2.17. The molecule has 2 heterocycles. The van der Waals surface area contributed by atoms with Gasteiger partial charge in [0, 0.05) is 33.2 Å². The molecule has 0 spiro atoms. The van der Waals surface area contributed by atoms with Crippen molar-refractivity contribution in [2.45, 2.75) is 18.9 Å². The van der Waals surface area contributed by atoms with Crippen molar-refractivity contribution < 1.29 is 0 Å². The highest BCUT2D eigenvalue weighted by atomic mass is 15.3. The summed E-state index contributed by atoms with van der Waals surface area (Å²) in [6.07, 6.45) is 9.82. The van der Waals surface area contributed by atoms with Gasteiger partial charge in [0.1, 0.15) is 12.1 Å². The number of guanidine groups is 1. The molecule has 2 aromatic rings. The molecule has 8 nitrogen and oxygen atoms in total. The molecular weight excluding hydrogens is 292 g/mol. The van der Waals surface area contributed by atoms with E-state index >= 15 is 0 Å². The Balaban J connectivity index is 1.48. The number of nitrogens with zero attached hydrogens (tertiary/aromatic N) is 5. The summed E-state index contributed by atoms with van der Waals surface area (Å²) in [5, 5.41) is 15.2. The Morgan fingerprint density at radius 3 is 2.91 bits per heavy atom. The van der Waals surface area contributed by atoms with Crippen LogP contribution in [0.3, 0.4) is 0 Å². The number of rotatable bonds is 5. The first-order valence-corrected chi connectivity index (χ1v) is 7.76. The van der Waals surface area contributed by atoms with E-state index in [2.05, 4.69) is 48.2 Å². The molecule has 8 heteroatoms. The van der Waals surface area contributed by atoms with Crippen LogP contribution < -0.4 is 16.0 Å². The molecule has 0 saturated carbocycles. The van der Waals surface area contributed by atoms with Crippen LogP contribution in [0, 0.1) is 0 Å². The fourth-order valence-electron chi connectivity index (χ4n) is 2.59. The molecule has 23 heavy (non-hydrogen) atoms. The molecule has 0 radical (unpaired) electrons. The first-order valence-electron chi connectivity index (χ1n) is 7.76. The highest BCUT2D eigenvalue weighted by molar-refractivity contribution is 5.86. The highest BCUT2D eigenvalue weighted by Crippen LogP contribution is 2.17. The number of hydrogen-bond donors (Lipinski definition) is 3. The van der Waals surface area contributed by atoms with Gasteiger partial charge < -0.3 is 16.0 Å². The molecule has 0 unspecified atom stereocenters. The lowest BCUT2D eigenvalue weighted by atomic mass is 10.2. The molecule has 3 rings (SSSR count). The van der Waals surface area contributed by atoms with Gasteiger partial charge in [0.05, 0.1) is 11.6 Å². The van der Waals surface area contributed by atoms with Crippen LogP contribution in [0.25, 0.3) is 11.0 Å². The summed E-state index contributed by atoms with van der Waals surface area (Å²) in [5.41, 5.74) is 0.821. The molecule has 1 aliphatic rings. The summed E-state index contributed by atoms with van der Waals surface area (Å²) in [6.45, 7) is 1.47. The molecule has 0 aliphatic heterocycles. The molecule has 0 aromatic carbocycles. The second-order valence-electron chi connectivity index (χ2n) is 5.44. The minimum absolute atomic E-state index is 0.450. The van der Waals surface area contributed by atoms with Gasteiger partial charge in [0.15, 0.2) is 11.6 Å². The Bertz CT molecular complexity index is 709. The number of nitrogens with one attached hydrogen (secondary N) is 3. The number of aryl methyl sites for hydroxylation is 1. The van der Waals surface area contributed by atoms with Gasteiger partial charge in [-0.05, 0) is 12.8 Å². The SMILES string of the molecule is CN=C(NCCNc1ncnc2c1cnn2C)NC1CC=CC1. The van der Waals surface area contributed by atoms with Gasteiger partial charge in [-0.2, -0.15) is 5.10 Å². The maximum atomic E-state index is 4.28. The summed E-state index contributed by atoms with van der Waals surface area (Å²) >= 11 is 0. The number of anilines is 1. The molecule has 3 N–H and O–H groups in total. The molecule has 2 aromatic heterocycles. The van der Waals surface area contributed by atoms with E-state index in [1.165, 1.54) is 0 Å². The van der Waals surface area contributed by atoms with Crippen molar-refractivity contribution in [2.75, 3.05) is 25.5 Å². The summed E-state index contributed by atoms with van der Waals surface area (Å²) in [4.78, 5) is 12.8. The Hall–Kier alpha value is -2.64. The first-order chi connectivity index (χ1) is 11.3. The molecule has 0 atom stereocenters. The third-order valence-electron chi connectivity index (χ3n) is 3.81. The Morgan fingerprint density at radius 2 is 2.13 bits per heavy atom. The van der Waals surface area contributed by atoms with Gasteiger partial charge in [-0.1, -0.05) is 12.2 Å². The smallest absolute Gasteiger partial charge is 0.191 e. The van der Waals surface area contributed by atoms with Crippen molar-refractivity contribution in [1.82, 2.24) is 30.4 Å². The lowest BCUT2D eigenvalue weighted by Crippen LogP contribution is -2.43. The molecular formula is C15H22N8. The van der Waals surface area contributed by atoms with Crippen molar-refractivity contribution >= 4 is 22.8 Å². The van der Waals surface area contributed by atoms with Gasteiger partial charge in [-0.3, -0.25) is 9.67 Å². The average molecular weight is 314 g/mol. The van der Waals surface area contributed by atoms with Crippen molar-refractivity contribution in [3.8, 4) is 0 Å². The average Bonchev–Trinajstić information content (AvgIpc) is 3.21. The van der Waals surface area contributed by atoms with Crippen LogP contribution in [0.4, 0.5) is 5.82 Å². The van der Waals surface area contributed by atoms with E-state index < -0.39 is 0 Å². The fourth-order valence-corrected chi connectivity index (χ4v) is 2.59. The Labute approximate surface area is 135 Å². The van der Waals surface area contributed by atoms with Crippen molar-refractivity contribution in [1.29, 1.82) is 0 Å². The quantitative estimate of drug-likeness (QED) is 0.325. The highest BCUT2D eigenvalue weighted by Gasteiger charge is 2.11. The summed E-state index contributed by atoms with van der Waals surface area (Å²) in [5.74, 6) is 1.63. The third-order valence-corrected chi connectivity index (χ3v) is 3.81. The van der Waals surface area contributed by atoms with E-state index in [9.17, 15) is 0 Å². The Kier molecular flexibility index (Phi) is 4.70. The molecule has 0 bridgehead atoms. The van der Waals surface area contributed by atoms with E-state index in [1.807, 2.05) is 7.05 Å². The van der Waals surface area contributed by atoms with Crippen LogP contribution in [0.2, 0.25) is 0 Å². The van der Waals surface area contributed by atoms with Gasteiger partial charge in [-0.25, -0.2) is 9.97 Å². The van der Waals surface area contributed by atoms with Crippen molar-refractivity contribution in [3.05, 3.63) is 24.7 Å². The molecule has 0 amide bonds. The standard InChI is InChI=1S/C15H22N8/c1-16-15(22-11-5-3-4-6-11)18-8-7-17-13-12-9-21-23(2)14(12)20-10-19-13/h3-4,9-11H,5-8H2,1-2H3,(H2,16,18,22)(H,17,19,20). The zero-order chi connectivity index (χ0) is 16.1. The number of fused-ring (bicyclic) bond motifs is 1. The second kappa shape index (κ2) is 7.08. The van der Waals surface area contributed by atoms with Crippen LogP contribution in [0.15, 0.2) is 29.7 Å². The van der Waals surface area contributed by atoms with E-state index in [0.717, 1.165) is 48.7 Å².